The predicted molar refractivity (Wildman–Crippen MR) is 108 cm³/mol. The molecule has 2 N–H and O–H groups in total. The predicted octanol–water partition coefficient (Wildman–Crippen LogP) is 4.76. The first-order chi connectivity index (χ1) is 12.7. The second kappa shape index (κ2) is 9.04. The Kier molecular flexibility index (Phi) is 6.51. The van der Waals surface area contributed by atoms with Crippen LogP contribution in [-0.4, -0.2) is 24.9 Å². The number of aliphatic hydroxyl groups excluding tert-OH is 1. The molecule has 26 heavy (non-hydrogen) atoms. The van der Waals surface area contributed by atoms with E-state index in [0.29, 0.717) is 13.2 Å². The average molecular weight is 370 g/mol. The number of fused-ring (bicyclic) bond motifs is 1. The Balaban J connectivity index is 2.06. The highest BCUT2D eigenvalue weighted by Crippen LogP contribution is 2.35. The normalized spacial score (nSPS) is 12.3. The molecule has 0 radical (unpaired) electrons. The minimum absolute atomic E-state index is 0.0241. The third-order valence-corrected chi connectivity index (χ3v) is 4.69. The van der Waals surface area contributed by atoms with Gasteiger partial charge in [0.25, 0.3) is 0 Å². The molecule has 0 aliphatic heterocycles. The van der Waals surface area contributed by atoms with Crippen molar-refractivity contribution in [3.8, 4) is 5.75 Å². The van der Waals surface area contributed by atoms with Gasteiger partial charge in [0, 0.05) is 23.2 Å². The quantitative estimate of drug-likeness (QED) is 0.601. The topological polar surface area (TPSA) is 41.5 Å². The monoisotopic (exact) mass is 369 g/mol. The smallest absolute Gasteiger partial charge is 0.124 e. The van der Waals surface area contributed by atoms with Crippen LogP contribution < -0.4 is 10.1 Å². The maximum absolute atomic E-state index is 9.34. The third-order valence-electron chi connectivity index (χ3n) is 4.43. The Morgan fingerprint density at radius 3 is 2.54 bits per heavy atom. The molecule has 3 nitrogen and oxygen atoms in total. The van der Waals surface area contributed by atoms with Crippen molar-refractivity contribution in [3.05, 3.63) is 76.8 Å². The summed E-state index contributed by atoms with van der Waals surface area (Å²) >= 11 is 6.02. The first kappa shape index (κ1) is 18.7. The van der Waals surface area contributed by atoms with Gasteiger partial charge in [-0.1, -0.05) is 54.1 Å². The number of rotatable bonds is 8. The minimum atomic E-state index is 0.0241. The van der Waals surface area contributed by atoms with Gasteiger partial charge < -0.3 is 15.2 Å². The summed E-state index contributed by atoms with van der Waals surface area (Å²) < 4.78 is 5.94. The van der Waals surface area contributed by atoms with Crippen LogP contribution in [0, 0.1) is 0 Å². The Morgan fingerprint density at radius 1 is 1.04 bits per heavy atom. The molecule has 0 amide bonds. The Hall–Kier alpha value is -2.07. The average Bonchev–Trinajstić information content (AvgIpc) is 2.67. The molecule has 0 aromatic heterocycles. The van der Waals surface area contributed by atoms with E-state index in [4.69, 9.17) is 16.3 Å². The second-order valence-electron chi connectivity index (χ2n) is 6.19. The Labute approximate surface area is 159 Å². The van der Waals surface area contributed by atoms with Crippen molar-refractivity contribution in [1.82, 2.24) is 5.32 Å². The van der Waals surface area contributed by atoms with Crippen LogP contribution in [0.4, 0.5) is 0 Å². The van der Waals surface area contributed by atoms with Crippen LogP contribution >= 0.6 is 11.6 Å². The summed E-state index contributed by atoms with van der Waals surface area (Å²) in [4.78, 5) is 0. The van der Waals surface area contributed by atoms with Crippen LogP contribution in [0.1, 0.15) is 24.1 Å². The molecule has 1 unspecified atom stereocenters. The lowest BCUT2D eigenvalue weighted by Crippen LogP contribution is -2.27. The highest BCUT2D eigenvalue weighted by atomic mass is 35.5. The summed E-state index contributed by atoms with van der Waals surface area (Å²) in [5.41, 5.74) is 2.31. The van der Waals surface area contributed by atoms with Gasteiger partial charge in [0.1, 0.15) is 5.75 Å². The number of halogens is 1. The van der Waals surface area contributed by atoms with E-state index in [0.717, 1.165) is 22.8 Å². The minimum Gasteiger partial charge on any atom is -0.494 e. The molecule has 0 fully saturated rings. The van der Waals surface area contributed by atoms with E-state index < -0.39 is 0 Å². The van der Waals surface area contributed by atoms with Crippen molar-refractivity contribution in [3.63, 3.8) is 0 Å². The summed E-state index contributed by atoms with van der Waals surface area (Å²) in [6.45, 7) is 3.21. The van der Waals surface area contributed by atoms with Crippen LogP contribution in [-0.2, 0) is 6.42 Å². The number of hydrogen-bond donors (Lipinski definition) is 2. The first-order valence-corrected chi connectivity index (χ1v) is 9.34. The largest absolute Gasteiger partial charge is 0.494 e. The van der Waals surface area contributed by atoms with E-state index in [-0.39, 0.29) is 12.6 Å². The van der Waals surface area contributed by atoms with Gasteiger partial charge in [0.2, 0.25) is 0 Å². The van der Waals surface area contributed by atoms with Gasteiger partial charge in [0.05, 0.1) is 13.2 Å². The Morgan fingerprint density at radius 2 is 1.81 bits per heavy atom. The molecule has 4 heteroatoms. The van der Waals surface area contributed by atoms with Crippen molar-refractivity contribution in [2.75, 3.05) is 19.8 Å². The molecular weight excluding hydrogens is 346 g/mol. The zero-order valence-corrected chi connectivity index (χ0v) is 15.7. The molecule has 1 atom stereocenters. The maximum Gasteiger partial charge on any atom is 0.124 e. The van der Waals surface area contributed by atoms with E-state index in [1.54, 1.807) is 0 Å². The molecule has 3 aromatic rings. The zero-order chi connectivity index (χ0) is 18.4. The van der Waals surface area contributed by atoms with Gasteiger partial charge in [-0.05, 0) is 47.9 Å². The van der Waals surface area contributed by atoms with E-state index in [1.807, 2.05) is 49.4 Å². The summed E-state index contributed by atoms with van der Waals surface area (Å²) in [7, 11) is 0. The summed E-state index contributed by atoms with van der Waals surface area (Å²) in [6.07, 6.45) is 0.783. The lowest BCUT2D eigenvalue weighted by Gasteiger charge is -2.24. The summed E-state index contributed by atoms with van der Waals surface area (Å²) in [6, 6.07) is 20.4. The molecule has 0 heterocycles. The molecule has 0 aliphatic carbocycles. The van der Waals surface area contributed by atoms with Gasteiger partial charge >= 0.3 is 0 Å². The van der Waals surface area contributed by atoms with E-state index in [9.17, 15) is 5.11 Å². The molecule has 136 valence electrons. The van der Waals surface area contributed by atoms with E-state index in [1.165, 1.54) is 16.3 Å². The number of hydrogen-bond acceptors (Lipinski definition) is 3. The van der Waals surface area contributed by atoms with Crippen molar-refractivity contribution < 1.29 is 9.84 Å². The third kappa shape index (κ3) is 4.36. The highest BCUT2D eigenvalue weighted by Gasteiger charge is 2.19. The lowest BCUT2D eigenvalue weighted by molar-refractivity contribution is 0.282. The van der Waals surface area contributed by atoms with Crippen LogP contribution in [0.5, 0.6) is 5.75 Å². The molecule has 0 spiro atoms. The van der Waals surface area contributed by atoms with Gasteiger partial charge in [-0.3, -0.25) is 0 Å². The Bertz CT molecular complexity index is 848. The fourth-order valence-electron chi connectivity index (χ4n) is 3.29. The first-order valence-electron chi connectivity index (χ1n) is 8.96. The zero-order valence-electron chi connectivity index (χ0n) is 14.9. The second-order valence-corrected chi connectivity index (χ2v) is 6.63. The molecule has 0 aliphatic rings. The van der Waals surface area contributed by atoms with Gasteiger partial charge in [0.15, 0.2) is 0 Å². The SMILES string of the molecule is CCOc1ccc2ccccc2c1C(Cc1ccc(Cl)cc1)NCCO. The molecular formula is C22H24ClNO2. The molecule has 0 bridgehead atoms. The number of aliphatic hydroxyl groups is 1. The fourth-order valence-corrected chi connectivity index (χ4v) is 3.41. The van der Waals surface area contributed by atoms with Crippen LogP contribution in [0.25, 0.3) is 10.8 Å². The van der Waals surface area contributed by atoms with E-state index >= 15 is 0 Å². The van der Waals surface area contributed by atoms with Gasteiger partial charge in [-0.2, -0.15) is 0 Å². The molecule has 3 aromatic carbocycles. The van der Waals surface area contributed by atoms with Crippen molar-refractivity contribution >= 4 is 22.4 Å². The van der Waals surface area contributed by atoms with Crippen LogP contribution in [0.2, 0.25) is 5.02 Å². The number of nitrogens with one attached hydrogen (secondary N) is 1. The number of ether oxygens (including phenoxy) is 1. The molecule has 3 rings (SSSR count). The highest BCUT2D eigenvalue weighted by molar-refractivity contribution is 6.30. The maximum atomic E-state index is 9.34. The van der Waals surface area contributed by atoms with Crippen molar-refractivity contribution in [2.24, 2.45) is 0 Å². The standard InChI is InChI=1S/C22H24ClNO2/c1-2-26-21-12-9-17-5-3-4-6-19(17)22(21)20(24-13-14-25)15-16-7-10-18(23)11-8-16/h3-12,20,24-25H,2,13-15H2,1H3. The fraction of sp³-hybridized carbons (Fsp3) is 0.273. The molecule has 0 saturated heterocycles. The van der Waals surface area contributed by atoms with Crippen LogP contribution in [0.15, 0.2) is 60.7 Å². The van der Waals surface area contributed by atoms with Gasteiger partial charge in [-0.25, -0.2) is 0 Å². The van der Waals surface area contributed by atoms with Crippen LogP contribution in [0.3, 0.4) is 0 Å². The lowest BCUT2D eigenvalue weighted by atomic mass is 9.93. The van der Waals surface area contributed by atoms with Gasteiger partial charge in [-0.15, -0.1) is 0 Å². The van der Waals surface area contributed by atoms with Crippen molar-refractivity contribution in [2.45, 2.75) is 19.4 Å². The van der Waals surface area contributed by atoms with E-state index in [2.05, 4.69) is 23.5 Å². The van der Waals surface area contributed by atoms with Crippen molar-refractivity contribution in [1.29, 1.82) is 0 Å². The summed E-state index contributed by atoms with van der Waals surface area (Å²) in [5.74, 6) is 0.885. The number of benzene rings is 3. The molecule has 0 saturated carbocycles. The summed E-state index contributed by atoms with van der Waals surface area (Å²) in [5, 5.41) is 15.9.